The van der Waals surface area contributed by atoms with Gasteiger partial charge in [0.25, 0.3) is 0 Å². The maximum atomic E-state index is 6.03. The van der Waals surface area contributed by atoms with Crippen molar-refractivity contribution in [2.24, 2.45) is 5.92 Å². The van der Waals surface area contributed by atoms with E-state index >= 15 is 0 Å². The van der Waals surface area contributed by atoms with Gasteiger partial charge in [0.15, 0.2) is 0 Å². The third kappa shape index (κ3) is 7.05. The lowest BCUT2D eigenvalue weighted by molar-refractivity contribution is -0.0819. The van der Waals surface area contributed by atoms with Crippen LogP contribution in [-0.2, 0) is 9.47 Å². The van der Waals surface area contributed by atoms with Gasteiger partial charge in [-0.15, -0.1) is 0 Å². The van der Waals surface area contributed by atoms with Crippen LogP contribution < -0.4 is 0 Å². The van der Waals surface area contributed by atoms with Gasteiger partial charge >= 0.3 is 0 Å². The van der Waals surface area contributed by atoms with E-state index in [-0.39, 0.29) is 5.60 Å². The fraction of sp³-hybridized carbons (Fsp3) is 1.00. The van der Waals surface area contributed by atoms with Crippen molar-refractivity contribution in [1.29, 1.82) is 0 Å². The predicted molar refractivity (Wildman–Crippen MR) is 72.3 cm³/mol. The zero-order valence-corrected chi connectivity index (χ0v) is 12.1. The molecule has 0 unspecified atom stereocenters. The first-order valence-corrected chi connectivity index (χ1v) is 7.27. The van der Waals surface area contributed by atoms with Gasteiger partial charge in [0, 0.05) is 13.2 Å². The molecule has 1 rings (SSSR count). The highest BCUT2D eigenvalue weighted by Gasteiger charge is 2.25. The van der Waals surface area contributed by atoms with Crippen LogP contribution >= 0.6 is 0 Å². The van der Waals surface area contributed by atoms with Crippen LogP contribution in [0.4, 0.5) is 0 Å². The summed E-state index contributed by atoms with van der Waals surface area (Å²) in [6, 6.07) is 0. The van der Waals surface area contributed by atoms with Crippen LogP contribution in [0.2, 0.25) is 0 Å². The van der Waals surface area contributed by atoms with Crippen molar-refractivity contribution in [3.05, 3.63) is 0 Å². The minimum atomic E-state index is 0.00906. The summed E-state index contributed by atoms with van der Waals surface area (Å²) in [5.41, 5.74) is 0.00906. The Hall–Kier alpha value is -0.0800. The Morgan fingerprint density at radius 2 is 1.71 bits per heavy atom. The normalized spacial score (nSPS) is 26.1. The molecule has 0 amide bonds. The van der Waals surface area contributed by atoms with Crippen LogP contribution in [-0.4, -0.2) is 24.9 Å². The summed E-state index contributed by atoms with van der Waals surface area (Å²) >= 11 is 0. The Labute approximate surface area is 107 Å². The van der Waals surface area contributed by atoms with E-state index in [9.17, 15) is 0 Å². The SMILES string of the molecule is CCCCOCC1CCC(OC(C)(C)C)CC1. The first-order chi connectivity index (χ1) is 8.01. The molecule has 17 heavy (non-hydrogen) atoms. The molecule has 0 aliphatic heterocycles. The van der Waals surface area contributed by atoms with Crippen molar-refractivity contribution in [2.75, 3.05) is 13.2 Å². The highest BCUT2D eigenvalue weighted by molar-refractivity contribution is 4.75. The zero-order chi connectivity index (χ0) is 12.7. The molecule has 0 spiro atoms. The third-order valence-electron chi connectivity index (χ3n) is 3.31. The second-order valence-corrected chi connectivity index (χ2v) is 6.30. The average molecular weight is 242 g/mol. The first kappa shape index (κ1) is 15.0. The molecule has 2 nitrogen and oxygen atoms in total. The average Bonchev–Trinajstić information content (AvgIpc) is 2.25. The molecule has 0 aromatic carbocycles. The van der Waals surface area contributed by atoms with Crippen molar-refractivity contribution in [2.45, 2.75) is 77.9 Å². The van der Waals surface area contributed by atoms with E-state index in [0.29, 0.717) is 6.10 Å². The minimum Gasteiger partial charge on any atom is -0.381 e. The van der Waals surface area contributed by atoms with Crippen LogP contribution in [0.3, 0.4) is 0 Å². The monoisotopic (exact) mass is 242 g/mol. The molecule has 0 saturated heterocycles. The zero-order valence-electron chi connectivity index (χ0n) is 12.1. The van der Waals surface area contributed by atoms with Gasteiger partial charge in [-0.2, -0.15) is 0 Å². The highest BCUT2D eigenvalue weighted by Crippen LogP contribution is 2.29. The first-order valence-electron chi connectivity index (χ1n) is 7.27. The Balaban J connectivity index is 2.09. The van der Waals surface area contributed by atoms with Crippen molar-refractivity contribution in [1.82, 2.24) is 0 Å². The molecule has 0 aromatic rings. The molecule has 2 heteroatoms. The summed E-state index contributed by atoms with van der Waals surface area (Å²) in [6.07, 6.45) is 7.86. The smallest absolute Gasteiger partial charge is 0.0602 e. The number of rotatable bonds is 6. The van der Waals surface area contributed by atoms with Crippen molar-refractivity contribution in [3.8, 4) is 0 Å². The van der Waals surface area contributed by atoms with Gasteiger partial charge in [0.05, 0.1) is 11.7 Å². The van der Waals surface area contributed by atoms with E-state index in [0.717, 1.165) is 19.1 Å². The highest BCUT2D eigenvalue weighted by atomic mass is 16.5. The molecule has 0 radical (unpaired) electrons. The summed E-state index contributed by atoms with van der Waals surface area (Å²) in [5.74, 6) is 0.770. The van der Waals surface area contributed by atoms with Crippen molar-refractivity contribution in [3.63, 3.8) is 0 Å². The minimum absolute atomic E-state index is 0.00906. The van der Waals surface area contributed by atoms with E-state index in [4.69, 9.17) is 9.47 Å². The molecule has 0 bridgehead atoms. The topological polar surface area (TPSA) is 18.5 Å². The van der Waals surface area contributed by atoms with Crippen LogP contribution in [0.15, 0.2) is 0 Å². The lowest BCUT2D eigenvalue weighted by Crippen LogP contribution is -2.31. The van der Waals surface area contributed by atoms with Gasteiger partial charge in [-0.25, -0.2) is 0 Å². The summed E-state index contributed by atoms with van der Waals surface area (Å²) in [5, 5.41) is 0. The molecule has 0 N–H and O–H groups in total. The molecular weight excluding hydrogens is 212 g/mol. The van der Waals surface area contributed by atoms with E-state index in [1.165, 1.54) is 38.5 Å². The van der Waals surface area contributed by atoms with Gasteiger partial charge in [0.1, 0.15) is 0 Å². The molecule has 0 aromatic heterocycles. The number of hydrogen-bond donors (Lipinski definition) is 0. The Kier molecular flexibility index (Phi) is 6.50. The predicted octanol–water partition coefficient (Wildman–Crippen LogP) is 4.18. The summed E-state index contributed by atoms with van der Waals surface area (Å²) in [6.45, 7) is 10.5. The van der Waals surface area contributed by atoms with Gasteiger partial charge in [-0.05, 0) is 58.8 Å². The van der Waals surface area contributed by atoms with Crippen molar-refractivity contribution >= 4 is 0 Å². The van der Waals surface area contributed by atoms with Crippen LogP contribution in [0.1, 0.15) is 66.2 Å². The molecule has 1 aliphatic rings. The van der Waals surface area contributed by atoms with Gasteiger partial charge in [-0.3, -0.25) is 0 Å². The molecule has 1 aliphatic carbocycles. The van der Waals surface area contributed by atoms with Gasteiger partial charge in [-0.1, -0.05) is 13.3 Å². The summed E-state index contributed by atoms with van der Waals surface area (Å²) < 4.78 is 11.7. The number of ether oxygens (including phenoxy) is 2. The summed E-state index contributed by atoms with van der Waals surface area (Å²) in [4.78, 5) is 0. The fourth-order valence-electron chi connectivity index (χ4n) is 2.41. The van der Waals surface area contributed by atoms with E-state index in [1.807, 2.05) is 0 Å². The maximum Gasteiger partial charge on any atom is 0.0602 e. The molecule has 1 fully saturated rings. The third-order valence-corrected chi connectivity index (χ3v) is 3.31. The van der Waals surface area contributed by atoms with Crippen LogP contribution in [0, 0.1) is 5.92 Å². The maximum absolute atomic E-state index is 6.03. The van der Waals surface area contributed by atoms with E-state index < -0.39 is 0 Å². The Morgan fingerprint density at radius 1 is 1.06 bits per heavy atom. The molecular formula is C15H30O2. The Morgan fingerprint density at radius 3 is 2.24 bits per heavy atom. The number of hydrogen-bond acceptors (Lipinski definition) is 2. The Bertz CT molecular complexity index is 188. The standard InChI is InChI=1S/C15H30O2/c1-5-6-11-16-12-13-7-9-14(10-8-13)17-15(2,3)4/h13-14H,5-12H2,1-4H3. The van der Waals surface area contributed by atoms with Gasteiger partial charge in [0.2, 0.25) is 0 Å². The van der Waals surface area contributed by atoms with Crippen molar-refractivity contribution < 1.29 is 9.47 Å². The molecule has 0 heterocycles. The second-order valence-electron chi connectivity index (χ2n) is 6.30. The van der Waals surface area contributed by atoms with Gasteiger partial charge < -0.3 is 9.47 Å². The lowest BCUT2D eigenvalue weighted by atomic mass is 9.87. The quantitative estimate of drug-likeness (QED) is 0.651. The fourth-order valence-corrected chi connectivity index (χ4v) is 2.41. The molecule has 1 saturated carbocycles. The largest absolute Gasteiger partial charge is 0.381 e. The summed E-state index contributed by atoms with van der Waals surface area (Å²) in [7, 11) is 0. The lowest BCUT2D eigenvalue weighted by Gasteiger charge is -2.33. The second kappa shape index (κ2) is 7.38. The van der Waals surface area contributed by atoms with E-state index in [1.54, 1.807) is 0 Å². The molecule has 102 valence electrons. The molecule has 0 atom stereocenters. The van der Waals surface area contributed by atoms with E-state index in [2.05, 4.69) is 27.7 Å². The van der Waals surface area contributed by atoms with Crippen LogP contribution in [0.5, 0.6) is 0 Å². The number of unbranched alkanes of at least 4 members (excludes halogenated alkanes) is 1. The van der Waals surface area contributed by atoms with Crippen LogP contribution in [0.25, 0.3) is 0 Å².